The molecule has 1 N–H and O–H groups in total. The first-order valence-electron chi connectivity index (χ1n) is 11.1. The lowest BCUT2D eigenvalue weighted by Gasteiger charge is -2.31. The number of carbonyl (C=O) groups excluding carboxylic acids is 1. The zero-order chi connectivity index (χ0) is 23.0. The predicted octanol–water partition coefficient (Wildman–Crippen LogP) is 2.89. The van der Waals surface area contributed by atoms with Crippen LogP contribution in [0.2, 0.25) is 0 Å². The van der Waals surface area contributed by atoms with E-state index < -0.39 is 10.0 Å². The molecule has 0 radical (unpaired) electrons. The molecular weight excluding hydrogens is 438 g/mol. The molecule has 172 valence electrons. The Kier molecular flexibility index (Phi) is 5.82. The first-order chi connectivity index (χ1) is 15.9. The maximum absolute atomic E-state index is 13.1. The molecule has 3 aromatic carbocycles. The molecule has 0 saturated carbocycles. The van der Waals surface area contributed by atoms with Crippen LogP contribution >= 0.6 is 0 Å². The number of hydrogen-bond acceptors (Lipinski definition) is 5. The Balaban J connectivity index is 1.24. The van der Waals surface area contributed by atoms with Crippen LogP contribution in [0.3, 0.4) is 0 Å². The second-order valence-electron chi connectivity index (χ2n) is 8.66. The molecule has 1 atom stereocenters. The van der Waals surface area contributed by atoms with Gasteiger partial charge in [-0.25, -0.2) is 8.42 Å². The van der Waals surface area contributed by atoms with Crippen molar-refractivity contribution in [3.05, 3.63) is 71.8 Å². The van der Waals surface area contributed by atoms with Gasteiger partial charge in [0, 0.05) is 31.6 Å². The van der Waals surface area contributed by atoms with E-state index in [9.17, 15) is 13.2 Å². The SMILES string of the molecule is CC1CN(Cc2cccc(CNC(=O)CN3c4cccc5cccc(c45)S3(=O)=O)c2)CCO1. The number of morpholine rings is 1. The van der Waals surface area contributed by atoms with E-state index in [1.807, 2.05) is 30.3 Å². The number of rotatable bonds is 6. The molecule has 3 aromatic rings. The van der Waals surface area contributed by atoms with Gasteiger partial charge in [-0.05, 0) is 35.6 Å². The van der Waals surface area contributed by atoms with Gasteiger partial charge in [-0.1, -0.05) is 48.5 Å². The molecule has 1 saturated heterocycles. The van der Waals surface area contributed by atoms with Crippen molar-refractivity contribution in [3.63, 3.8) is 0 Å². The van der Waals surface area contributed by atoms with Crippen molar-refractivity contribution >= 4 is 32.4 Å². The van der Waals surface area contributed by atoms with Crippen molar-refractivity contribution in [2.24, 2.45) is 0 Å². The lowest BCUT2D eigenvalue weighted by atomic mass is 10.1. The predicted molar refractivity (Wildman–Crippen MR) is 127 cm³/mol. The first-order valence-corrected chi connectivity index (χ1v) is 12.6. The summed E-state index contributed by atoms with van der Waals surface area (Å²) in [6, 6.07) is 18.8. The fraction of sp³-hybridized carbons (Fsp3) is 0.320. The van der Waals surface area contributed by atoms with E-state index in [1.54, 1.807) is 18.2 Å². The summed E-state index contributed by atoms with van der Waals surface area (Å²) in [5.74, 6) is -0.337. The molecule has 0 bridgehead atoms. The van der Waals surface area contributed by atoms with Gasteiger partial charge in [0.05, 0.1) is 23.3 Å². The van der Waals surface area contributed by atoms with E-state index in [4.69, 9.17) is 4.74 Å². The summed E-state index contributed by atoms with van der Waals surface area (Å²) < 4.78 is 32.9. The third-order valence-electron chi connectivity index (χ3n) is 6.18. The van der Waals surface area contributed by atoms with Crippen LogP contribution in [0, 0.1) is 0 Å². The highest BCUT2D eigenvalue weighted by molar-refractivity contribution is 7.93. The van der Waals surface area contributed by atoms with Crippen molar-refractivity contribution in [1.82, 2.24) is 10.2 Å². The Morgan fingerprint density at radius 3 is 2.67 bits per heavy atom. The molecule has 0 aromatic heterocycles. The van der Waals surface area contributed by atoms with Crippen LogP contribution in [0.5, 0.6) is 0 Å². The minimum atomic E-state index is -3.75. The Morgan fingerprint density at radius 2 is 1.85 bits per heavy atom. The summed E-state index contributed by atoms with van der Waals surface area (Å²) in [4.78, 5) is 15.4. The molecule has 5 rings (SSSR count). The maximum atomic E-state index is 13.1. The number of nitrogens with zero attached hydrogens (tertiary/aromatic N) is 2. The van der Waals surface area contributed by atoms with Gasteiger partial charge in [-0.3, -0.25) is 14.0 Å². The number of hydrogen-bond donors (Lipinski definition) is 1. The van der Waals surface area contributed by atoms with Gasteiger partial charge in [0.15, 0.2) is 0 Å². The van der Waals surface area contributed by atoms with Gasteiger partial charge in [0.1, 0.15) is 6.54 Å². The van der Waals surface area contributed by atoms with Gasteiger partial charge >= 0.3 is 0 Å². The lowest BCUT2D eigenvalue weighted by Crippen LogP contribution is -2.40. The van der Waals surface area contributed by atoms with Crippen LogP contribution in [0.15, 0.2) is 65.6 Å². The number of amides is 1. The molecule has 2 aliphatic heterocycles. The molecule has 1 unspecified atom stereocenters. The van der Waals surface area contributed by atoms with Crippen LogP contribution in [-0.4, -0.2) is 51.6 Å². The van der Waals surface area contributed by atoms with Gasteiger partial charge in [0.25, 0.3) is 10.0 Å². The summed E-state index contributed by atoms with van der Waals surface area (Å²) in [5, 5.41) is 4.41. The molecule has 0 aliphatic carbocycles. The first kappa shape index (κ1) is 21.9. The van der Waals surface area contributed by atoms with Crippen LogP contribution < -0.4 is 9.62 Å². The van der Waals surface area contributed by atoms with E-state index in [0.717, 1.165) is 37.2 Å². The summed E-state index contributed by atoms with van der Waals surface area (Å²) in [7, 11) is -3.75. The fourth-order valence-corrected chi connectivity index (χ4v) is 6.31. The Morgan fingerprint density at radius 1 is 1.09 bits per heavy atom. The third-order valence-corrected chi connectivity index (χ3v) is 7.98. The van der Waals surface area contributed by atoms with Crippen LogP contribution in [0.25, 0.3) is 10.8 Å². The highest BCUT2D eigenvalue weighted by Gasteiger charge is 2.36. The van der Waals surface area contributed by atoms with Crippen molar-refractivity contribution in [3.8, 4) is 0 Å². The molecule has 1 amide bonds. The van der Waals surface area contributed by atoms with E-state index >= 15 is 0 Å². The number of anilines is 1. The average molecular weight is 466 g/mol. The van der Waals surface area contributed by atoms with Gasteiger partial charge < -0.3 is 10.1 Å². The zero-order valence-corrected chi connectivity index (χ0v) is 19.3. The summed E-state index contributed by atoms with van der Waals surface area (Å²) in [6.07, 6.45) is 0.236. The highest BCUT2D eigenvalue weighted by atomic mass is 32.2. The van der Waals surface area contributed by atoms with Crippen LogP contribution in [-0.2, 0) is 32.6 Å². The largest absolute Gasteiger partial charge is 0.376 e. The Labute approximate surface area is 194 Å². The minimum Gasteiger partial charge on any atom is -0.376 e. The summed E-state index contributed by atoms with van der Waals surface area (Å²) in [6.45, 7) is 5.57. The number of carbonyl (C=O) groups is 1. The smallest absolute Gasteiger partial charge is 0.265 e. The van der Waals surface area contributed by atoms with Gasteiger partial charge in [-0.2, -0.15) is 0 Å². The summed E-state index contributed by atoms with van der Waals surface area (Å²) in [5.41, 5.74) is 2.72. The maximum Gasteiger partial charge on any atom is 0.265 e. The Bertz CT molecular complexity index is 1300. The third kappa shape index (κ3) is 4.34. The van der Waals surface area contributed by atoms with E-state index in [-0.39, 0.29) is 23.5 Å². The van der Waals surface area contributed by atoms with Crippen molar-refractivity contribution in [2.75, 3.05) is 30.5 Å². The molecule has 2 aliphatic rings. The minimum absolute atomic E-state index is 0.236. The van der Waals surface area contributed by atoms with E-state index in [2.05, 4.69) is 29.3 Å². The summed E-state index contributed by atoms with van der Waals surface area (Å²) >= 11 is 0. The molecule has 7 nitrogen and oxygen atoms in total. The molecule has 8 heteroatoms. The standard InChI is InChI=1S/C25H27N3O4S/c1-18-15-27(11-12-32-18)16-20-6-2-5-19(13-20)14-26-24(29)17-28-22-9-3-7-21-8-4-10-23(25(21)22)33(28,30)31/h2-10,13,18H,11-12,14-17H2,1H3,(H,26,29). The van der Waals surface area contributed by atoms with E-state index in [0.29, 0.717) is 17.6 Å². The number of sulfonamides is 1. The second kappa shape index (κ2) is 8.78. The highest BCUT2D eigenvalue weighted by Crippen LogP contribution is 2.41. The molecule has 2 heterocycles. The zero-order valence-electron chi connectivity index (χ0n) is 18.5. The molecule has 1 fully saturated rings. The molecular formula is C25H27N3O4S. The normalized spacial score (nSPS) is 19.7. The van der Waals surface area contributed by atoms with Crippen molar-refractivity contribution in [1.29, 1.82) is 0 Å². The topological polar surface area (TPSA) is 79.0 Å². The van der Waals surface area contributed by atoms with Crippen LogP contribution in [0.1, 0.15) is 18.1 Å². The fourth-order valence-electron chi connectivity index (χ4n) is 4.65. The monoisotopic (exact) mass is 465 g/mol. The number of nitrogens with one attached hydrogen (secondary N) is 1. The van der Waals surface area contributed by atoms with E-state index in [1.165, 1.54) is 9.87 Å². The molecule has 33 heavy (non-hydrogen) atoms. The second-order valence-corrected chi connectivity index (χ2v) is 10.5. The lowest BCUT2D eigenvalue weighted by molar-refractivity contribution is -0.119. The van der Waals surface area contributed by atoms with Crippen LogP contribution in [0.4, 0.5) is 5.69 Å². The number of benzene rings is 3. The van der Waals surface area contributed by atoms with Crippen molar-refractivity contribution in [2.45, 2.75) is 31.0 Å². The van der Waals surface area contributed by atoms with Crippen molar-refractivity contribution < 1.29 is 17.9 Å². The number of ether oxygens (including phenoxy) is 1. The molecule has 0 spiro atoms. The van der Waals surface area contributed by atoms with Gasteiger partial charge in [-0.15, -0.1) is 0 Å². The Hall–Kier alpha value is -2.94. The average Bonchev–Trinajstić information content (AvgIpc) is 3.01. The van der Waals surface area contributed by atoms with Gasteiger partial charge in [0.2, 0.25) is 5.91 Å². The quantitative estimate of drug-likeness (QED) is 0.606.